The quantitative estimate of drug-likeness (QED) is 0.175. The maximum atomic E-state index is 12.8. The van der Waals surface area contributed by atoms with Gasteiger partial charge in [0.15, 0.2) is 0 Å². The fourth-order valence-corrected chi connectivity index (χ4v) is 6.84. The second-order valence-electron chi connectivity index (χ2n) is 14.2. The number of carbonyl (C=O) groups excluding carboxylic acids is 3. The van der Waals surface area contributed by atoms with Gasteiger partial charge in [-0.15, -0.1) is 0 Å². The Kier molecular flexibility index (Phi) is 16.5. The number of carboxylic acids is 2. The summed E-state index contributed by atoms with van der Waals surface area (Å²) in [7, 11) is 0. The van der Waals surface area contributed by atoms with Crippen molar-refractivity contribution in [3.05, 3.63) is 107 Å². The lowest BCUT2D eigenvalue weighted by Crippen LogP contribution is -2.49. The number of ether oxygens (including phenoxy) is 2. The molecule has 12 nitrogen and oxygen atoms in total. The fraction of sp³-hybridized carbons (Fsp3) is 0.452. The molecule has 0 bridgehead atoms. The Morgan fingerprint density at radius 1 is 0.719 bits per heavy atom. The molecular formula is C42H50F3N3O9. The van der Waals surface area contributed by atoms with Crippen LogP contribution < -0.4 is 0 Å². The van der Waals surface area contributed by atoms with Crippen LogP contribution in [0.2, 0.25) is 0 Å². The molecule has 3 atom stereocenters. The molecule has 2 fully saturated rings. The third-order valence-corrected chi connectivity index (χ3v) is 10.1. The highest BCUT2D eigenvalue weighted by Crippen LogP contribution is 2.29. The first-order valence-corrected chi connectivity index (χ1v) is 19.1. The number of esters is 2. The van der Waals surface area contributed by atoms with Gasteiger partial charge in [0, 0.05) is 38.8 Å². The van der Waals surface area contributed by atoms with Crippen molar-refractivity contribution in [3.8, 4) is 0 Å². The lowest BCUT2D eigenvalue weighted by molar-refractivity contribution is -0.166. The molecule has 57 heavy (non-hydrogen) atoms. The number of benzene rings is 3. The van der Waals surface area contributed by atoms with E-state index in [1.165, 1.54) is 67.1 Å². The largest absolute Gasteiger partial charge is 0.478 e. The number of hydrogen-bond donors (Lipinski definition) is 2. The van der Waals surface area contributed by atoms with Gasteiger partial charge in [-0.2, -0.15) is 13.2 Å². The molecule has 1 unspecified atom stereocenters. The number of amides is 2. The minimum absolute atomic E-state index is 0.0253. The first-order chi connectivity index (χ1) is 27.2. The minimum Gasteiger partial charge on any atom is -0.478 e. The summed E-state index contributed by atoms with van der Waals surface area (Å²) in [5.41, 5.74) is 0.387. The molecule has 0 aliphatic carbocycles. The van der Waals surface area contributed by atoms with Gasteiger partial charge in [-0.05, 0) is 99.9 Å². The van der Waals surface area contributed by atoms with Gasteiger partial charge in [0.05, 0.1) is 16.7 Å². The monoisotopic (exact) mass is 797 g/mol. The molecule has 3 aromatic rings. The van der Waals surface area contributed by atoms with Crippen LogP contribution in [0.5, 0.6) is 0 Å². The topological polar surface area (TPSA) is 154 Å². The molecule has 2 heterocycles. The lowest BCUT2D eigenvalue weighted by Gasteiger charge is -2.39. The van der Waals surface area contributed by atoms with E-state index in [9.17, 15) is 47.4 Å². The van der Waals surface area contributed by atoms with Crippen molar-refractivity contribution in [2.45, 2.75) is 76.8 Å². The van der Waals surface area contributed by atoms with Crippen LogP contribution in [0, 0.1) is 5.92 Å². The van der Waals surface area contributed by atoms with Gasteiger partial charge in [-0.25, -0.2) is 24.0 Å². The lowest BCUT2D eigenvalue weighted by atomic mass is 9.95. The SMILES string of the molecule is CCN(CC1CCN(C(=O)N2CCCCC2)CC1)C(C)Cc1ccc(C(F)(F)F)cc1.O=C(O[C@@H](C(=O)O)[C@@H](OC(=O)c1ccccc1)C(=O)O)c1ccccc1. The number of rotatable bonds is 13. The van der Waals surface area contributed by atoms with Gasteiger partial charge in [-0.1, -0.05) is 55.5 Å². The summed E-state index contributed by atoms with van der Waals surface area (Å²) in [4.78, 5) is 66.0. The Hall–Kier alpha value is -5.44. The Morgan fingerprint density at radius 2 is 1.18 bits per heavy atom. The number of likely N-dealkylation sites (tertiary alicyclic amines) is 2. The molecule has 5 rings (SSSR count). The maximum Gasteiger partial charge on any atom is 0.416 e. The number of urea groups is 1. The minimum atomic E-state index is -4.29. The predicted octanol–water partition coefficient (Wildman–Crippen LogP) is 6.88. The molecule has 0 saturated carbocycles. The van der Waals surface area contributed by atoms with Gasteiger partial charge in [0.2, 0.25) is 12.2 Å². The molecule has 0 radical (unpaired) electrons. The summed E-state index contributed by atoms with van der Waals surface area (Å²) in [6.07, 6.45) is -2.49. The molecule has 2 amide bonds. The number of carbonyl (C=O) groups is 5. The number of aliphatic carboxylic acids is 2. The molecule has 3 aromatic carbocycles. The van der Waals surface area contributed by atoms with Crippen molar-refractivity contribution in [2.75, 3.05) is 39.3 Å². The van der Waals surface area contributed by atoms with E-state index in [0.29, 0.717) is 5.92 Å². The average Bonchev–Trinajstić information content (AvgIpc) is 3.21. The van der Waals surface area contributed by atoms with E-state index in [4.69, 9.17) is 9.47 Å². The molecule has 2 saturated heterocycles. The highest BCUT2D eigenvalue weighted by atomic mass is 19.4. The van der Waals surface area contributed by atoms with E-state index < -0.39 is 47.8 Å². The zero-order chi connectivity index (χ0) is 41.5. The van der Waals surface area contributed by atoms with Crippen LogP contribution in [-0.4, -0.2) is 112 Å². The van der Waals surface area contributed by atoms with E-state index in [-0.39, 0.29) is 23.2 Å². The summed E-state index contributed by atoms with van der Waals surface area (Å²) >= 11 is 0. The van der Waals surface area contributed by atoms with Crippen LogP contribution >= 0.6 is 0 Å². The molecule has 2 aliphatic rings. The van der Waals surface area contributed by atoms with Gasteiger partial charge in [0.1, 0.15) is 0 Å². The number of hydrogen-bond acceptors (Lipinski definition) is 8. The highest BCUT2D eigenvalue weighted by molar-refractivity contribution is 5.95. The zero-order valence-corrected chi connectivity index (χ0v) is 32.1. The fourth-order valence-electron chi connectivity index (χ4n) is 6.84. The maximum absolute atomic E-state index is 12.8. The van der Waals surface area contributed by atoms with Gasteiger partial charge in [-0.3, -0.25) is 0 Å². The standard InChI is InChI=1S/C24H36F3N3O.C18H14O8/c1-3-28(19(2)17-20-7-9-22(10-8-20)24(25,26)27)18-21-11-15-30(16-12-21)23(31)29-13-5-4-6-14-29;19-15(20)13(25-17(23)11-7-3-1-4-8-11)14(16(21)22)26-18(24)12-9-5-2-6-10-12/h7-10,19,21H,3-6,11-18H2,1-2H3;1-10,13-14H,(H,19,20)(H,21,22)/t;13-,14-/m.1/s1. The van der Waals surface area contributed by atoms with Crippen LogP contribution in [0.3, 0.4) is 0 Å². The van der Waals surface area contributed by atoms with E-state index in [0.717, 1.165) is 76.9 Å². The Bertz CT molecular complexity index is 1690. The van der Waals surface area contributed by atoms with E-state index in [2.05, 4.69) is 18.7 Å². The van der Waals surface area contributed by atoms with Crippen LogP contribution in [0.15, 0.2) is 84.9 Å². The summed E-state index contributed by atoms with van der Waals surface area (Å²) in [6.45, 7) is 9.61. The van der Waals surface area contributed by atoms with E-state index in [1.807, 2.05) is 9.80 Å². The van der Waals surface area contributed by atoms with Crippen molar-refractivity contribution >= 4 is 29.9 Å². The molecule has 0 aromatic heterocycles. The van der Waals surface area contributed by atoms with Crippen molar-refractivity contribution in [2.24, 2.45) is 5.92 Å². The van der Waals surface area contributed by atoms with Crippen LogP contribution in [0.4, 0.5) is 18.0 Å². The molecule has 0 spiro atoms. The molecule has 2 aliphatic heterocycles. The third-order valence-electron chi connectivity index (χ3n) is 10.1. The summed E-state index contributed by atoms with van der Waals surface area (Å²) in [6, 6.07) is 20.8. The van der Waals surface area contributed by atoms with Crippen molar-refractivity contribution < 1.29 is 56.8 Å². The number of carboxylic acid groups (broad SMARTS) is 2. The highest BCUT2D eigenvalue weighted by Gasteiger charge is 2.41. The predicted molar refractivity (Wildman–Crippen MR) is 204 cm³/mol. The Balaban J connectivity index is 0.000000257. The Labute approximate surface area is 330 Å². The van der Waals surface area contributed by atoms with Gasteiger partial charge >= 0.3 is 36.1 Å². The smallest absolute Gasteiger partial charge is 0.416 e. The average molecular weight is 798 g/mol. The van der Waals surface area contributed by atoms with Crippen molar-refractivity contribution in [3.63, 3.8) is 0 Å². The second-order valence-corrected chi connectivity index (χ2v) is 14.2. The number of halogens is 3. The molecule has 308 valence electrons. The first-order valence-electron chi connectivity index (χ1n) is 19.1. The number of alkyl halides is 3. The van der Waals surface area contributed by atoms with Crippen LogP contribution in [0.25, 0.3) is 0 Å². The Morgan fingerprint density at radius 3 is 1.60 bits per heavy atom. The van der Waals surface area contributed by atoms with Crippen LogP contribution in [0.1, 0.15) is 77.8 Å². The van der Waals surface area contributed by atoms with E-state index in [1.54, 1.807) is 24.3 Å². The number of likely N-dealkylation sites (N-methyl/N-ethyl adjacent to an activating group) is 1. The van der Waals surface area contributed by atoms with Gasteiger partial charge in [0.25, 0.3) is 0 Å². The van der Waals surface area contributed by atoms with Crippen LogP contribution in [-0.2, 0) is 31.7 Å². The molecular weight excluding hydrogens is 747 g/mol. The molecule has 15 heteroatoms. The first kappa shape index (κ1) is 44.3. The summed E-state index contributed by atoms with van der Waals surface area (Å²) < 4.78 is 47.8. The number of nitrogens with zero attached hydrogens (tertiary/aromatic N) is 3. The molecule has 2 N–H and O–H groups in total. The summed E-state index contributed by atoms with van der Waals surface area (Å²) in [5.74, 6) is -5.08. The van der Waals surface area contributed by atoms with Crippen molar-refractivity contribution in [1.82, 2.24) is 14.7 Å². The summed E-state index contributed by atoms with van der Waals surface area (Å²) in [5, 5.41) is 18.5. The van der Waals surface area contributed by atoms with E-state index >= 15 is 0 Å². The van der Waals surface area contributed by atoms with Gasteiger partial charge < -0.3 is 34.4 Å². The third kappa shape index (κ3) is 13.3. The second kappa shape index (κ2) is 21.2. The normalized spacial score (nSPS) is 16.4. The number of piperidine rings is 2. The zero-order valence-electron chi connectivity index (χ0n) is 32.1. The van der Waals surface area contributed by atoms with Crippen molar-refractivity contribution in [1.29, 1.82) is 0 Å².